The first-order chi connectivity index (χ1) is 12.6. The highest BCUT2D eigenvalue weighted by Crippen LogP contribution is 2.27. The molecule has 0 aromatic carbocycles. The Bertz CT molecular complexity index is 722. The van der Waals surface area contributed by atoms with E-state index in [1.54, 1.807) is 12.4 Å². The maximum Gasteiger partial charge on any atom is 0.256 e. The number of aromatic nitrogens is 4. The number of carbonyl (C=O) groups is 1. The van der Waals surface area contributed by atoms with Crippen molar-refractivity contribution >= 4 is 17.7 Å². The van der Waals surface area contributed by atoms with Crippen LogP contribution in [-0.2, 0) is 6.54 Å². The first-order valence-electron chi connectivity index (χ1n) is 8.89. The molecule has 3 rings (SSSR count). The highest BCUT2D eigenvalue weighted by Gasteiger charge is 2.27. The number of carbonyl (C=O) groups excluding carboxylic acids is 1. The summed E-state index contributed by atoms with van der Waals surface area (Å²) in [7, 11) is 4.16. The van der Waals surface area contributed by atoms with Gasteiger partial charge in [-0.25, -0.2) is 15.0 Å². The number of imidazole rings is 1. The van der Waals surface area contributed by atoms with E-state index >= 15 is 0 Å². The first-order valence-corrected chi connectivity index (χ1v) is 10.1. The van der Waals surface area contributed by atoms with E-state index < -0.39 is 0 Å². The van der Waals surface area contributed by atoms with Gasteiger partial charge in [0, 0.05) is 56.9 Å². The highest BCUT2D eigenvalue weighted by atomic mass is 32.2. The predicted octanol–water partition coefficient (Wildman–Crippen LogP) is 1.98. The van der Waals surface area contributed by atoms with Gasteiger partial charge >= 0.3 is 0 Å². The number of piperidine rings is 1. The van der Waals surface area contributed by atoms with Gasteiger partial charge in [-0.05, 0) is 33.2 Å². The number of likely N-dealkylation sites (N-methyl/N-ethyl adjacent to an activating group) is 1. The topological polar surface area (TPSA) is 67.2 Å². The second-order valence-electron chi connectivity index (χ2n) is 6.81. The van der Waals surface area contributed by atoms with E-state index in [1.807, 2.05) is 17.4 Å². The first kappa shape index (κ1) is 18.8. The number of hydrogen-bond acceptors (Lipinski definition) is 6. The fourth-order valence-corrected chi connectivity index (χ4v) is 3.55. The van der Waals surface area contributed by atoms with Crippen molar-refractivity contribution in [3.8, 4) is 0 Å². The smallest absolute Gasteiger partial charge is 0.256 e. The summed E-state index contributed by atoms with van der Waals surface area (Å²) in [5.74, 6) is 1.57. The van der Waals surface area contributed by atoms with Gasteiger partial charge in [0.2, 0.25) is 0 Å². The molecule has 1 aliphatic heterocycles. The molecule has 0 N–H and O–H groups in total. The zero-order valence-corrected chi connectivity index (χ0v) is 16.4. The number of nitrogens with zero attached hydrogens (tertiary/aromatic N) is 6. The zero-order chi connectivity index (χ0) is 18.5. The van der Waals surface area contributed by atoms with Gasteiger partial charge in [-0.15, -0.1) is 0 Å². The average molecular weight is 375 g/mol. The Labute approximate surface area is 158 Å². The Morgan fingerprint density at radius 2 is 1.92 bits per heavy atom. The van der Waals surface area contributed by atoms with E-state index in [4.69, 9.17) is 0 Å². The van der Waals surface area contributed by atoms with Crippen LogP contribution in [0.4, 0.5) is 0 Å². The number of thioether (sulfide) groups is 1. The second-order valence-corrected chi connectivity index (χ2v) is 7.58. The quantitative estimate of drug-likeness (QED) is 0.569. The van der Waals surface area contributed by atoms with Crippen LogP contribution in [0.5, 0.6) is 0 Å². The fraction of sp³-hybridized carbons (Fsp3) is 0.556. The van der Waals surface area contributed by atoms with E-state index in [0.29, 0.717) is 16.6 Å². The van der Waals surface area contributed by atoms with Crippen molar-refractivity contribution in [3.05, 3.63) is 36.2 Å². The second kappa shape index (κ2) is 8.64. The van der Waals surface area contributed by atoms with Crippen LogP contribution in [0.1, 0.15) is 34.9 Å². The zero-order valence-electron chi connectivity index (χ0n) is 15.6. The van der Waals surface area contributed by atoms with Crippen molar-refractivity contribution in [2.75, 3.05) is 40.0 Å². The third-order valence-corrected chi connectivity index (χ3v) is 5.32. The van der Waals surface area contributed by atoms with E-state index in [2.05, 4.69) is 44.7 Å². The van der Waals surface area contributed by atoms with Gasteiger partial charge in [0.25, 0.3) is 5.91 Å². The third-order valence-electron chi connectivity index (χ3n) is 4.74. The summed E-state index contributed by atoms with van der Waals surface area (Å²) in [6, 6.07) is 0. The van der Waals surface area contributed by atoms with E-state index in [0.717, 1.165) is 44.8 Å². The Balaban J connectivity index is 1.59. The molecule has 2 aromatic heterocycles. The Morgan fingerprint density at radius 1 is 1.23 bits per heavy atom. The molecular formula is C18H26N6OS. The highest BCUT2D eigenvalue weighted by molar-refractivity contribution is 7.98. The Kier molecular flexibility index (Phi) is 6.26. The maximum absolute atomic E-state index is 12.6. The Morgan fingerprint density at radius 3 is 2.54 bits per heavy atom. The van der Waals surface area contributed by atoms with Crippen LogP contribution in [0.2, 0.25) is 0 Å². The van der Waals surface area contributed by atoms with Crippen molar-refractivity contribution < 1.29 is 4.79 Å². The lowest BCUT2D eigenvalue weighted by Gasteiger charge is -2.32. The summed E-state index contributed by atoms with van der Waals surface area (Å²) >= 11 is 1.47. The van der Waals surface area contributed by atoms with Crippen LogP contribution in [0, 0.1) is 0 Å². The van der Waals surface area contributed by atoms with Crippen molar-refractivity contribution in [3.63, 3.8) is 0 Å². The summed E-state index contributed by atoms with van der Waals surface area (Å²) in [6.07, 6.45) is 11.0. The van der Waals surface area contributed by atoms with Crippen LogP contribution in [-0.4, -0.2) is 75.2 Å². The van der Waals surface area contributed by atoms with E-state index in [1.165, 1.54) is 11.8 Å². The number of hydrogen-bond donors (Lipinski definition) is 0. The SMILES string of the molecule is CSc1ncc(C(=O)N2CCC(c3nccn3CCN(C)C)CC2)cn1. The largest absolute Gasteiger partial charge is 0.339 e. The maximum atomic E-state index is 12.6. The molecule has 0 atom stereocenters. The summed E-state index contributed by atoms with van der Waals surface area (Å²) in [4.78, 5) is 29.7. The van der Waals surface area contributed by atoms with Gasteiger partial charge in [0.15, 0.2) is 5.16 Å². The molecular weight excluding hydrogens is 348 g/mol. The molecule has 1 amide bonds. The van der Waals surface area contributed by atoms with Crippen LogP contribution in [0.3, 0.4) is 0 Å². The molecule has 0 unspecified atom stereocenters. The predicted molar refractivity (Wildman–Crippen MR) is 102 cm³/mol. The molecule has 0 bridgehead atoms. The van der Waals surface area contributed by atoms with Crippen LogP contribution in [0.15, 0.2) is 29.9 Å². The van der Waals surface area contributed by atoms with Crippen LogP contribution < -0.4 is 0 Å². The molecule has 1 fully saturated rings. The summed E-state index contributed by atoms with van der Waals surface area (Å²) in [6.45, 7) is 3.43. The molecule has 140 valence electrons. The number of rotatable bonds is 6. The molecule has 0 spiro atoms. The normalized spacial score (nSPS) is 15.6. The van der Waals surface area contributed by atoms with E-state index in [9.17, 15) is 4.79 Å². The molecule has 3 heterocycles. The van der Waals surface area contributed by atoms with Crippen LogP contribution >= 0.6 is 11.8 Å². The molecule has 2 aromatic rings. The summed E-state index contributed by atoms with van der Waals surface area (Å²) in [5, 5.41) is 0.685. The van der Waals surface area contributed by atoms with Crippen molar-refractivity contribution in [1.29, 1.82) is 0 Å². The molecule has 0 saturated carbocycles. The fourth-order valence-electron chi connectivity index (χ4n) is 3.23. The lowest BCUT2D eigenvalue weighted by molar-refractivity contribution is 0.0709. The third kappa shape index (κ3) is 4.42. The average Bonchev–Trinajstić information content (AvgIpc) is 3.14. The van der Waals surface area contributed by atoms with Gasteiger partial charge < -0.3 is 14.4 Å². The summed E-state index contributed by atoms with van der Waals surface area (Å²) in [5.41, 5.74) is 0.564. The van der Waals surface area contributed by atoms with Crippen LogP contribution in [0.25, 0.3) is 0 Å². The van der Waals surface area contributed by atoms with Crippen molar-refractivity contribution in [2.45, 2.75) is 30.5 Å². The standard InChI is InChI=1S/C18H26N6OS/c1-22(2)10-11-23-9-6-19-16(23)14-4-7-24(8-5-14)17(25)15-12-20-18(26-3)21-13-15/h6,9,12-14H,4-5,7-8,10-11H2,1-3H3. The molecule has 26 heavy (non-hydrogen) atoms. The van der Waals surface area contributed by atoms with E-state index in [-0.39, 0.29) is 5.91 Å². The molecule has 8 heteroatoms. The Hall–Kier alpha value is -1.93. The molecule has 1 saturated heterocycles. The lowest BCUT2D eigenvalue weighted by atomic mass is 9.95. The minimum atomic E-state index is 0.0204. The van der Waals surface area contributed by atoms with Crippen molar-refractivity contribution in [1.82, 2.24) is 29.3 Å². The van der Waals surface area contributed by atoms with Gasteiger partial charge in [0.05, 0.1) is 5.56 Å². The van der Waals surface area contributed by atoms with Gasteiger partial charge in [-0.2, -0.15) is 0 Å². The molecule has 7 nitrogen and oxygen atoms in total. The van der Waals surface area contributed by atoms with Gasteiger partial charge in [-0.3, -0.25) is 4.79 Å². The van der Waals surface area contributed by atoms with Crippen molar-refractivity contribution in [2.24, 2.45) is 0 Å². The monoisotopic (exact) mass is 374 g/mol. The minimum absolute atomic E-state index is 0.0204. The van der Waals surface area contributed by atoms with Gasteiger partial charge in [-0.1, -0.05) is 11.8 Å². The molecule has 0 radical (unpaired) electrons. The number of amides is 1. The van der Waals surface area contributed by atoms with Gasteiger partial charge in [0.1, 0.15) is 5.82 Å². The lowest BCUT2D eigenvalue weighted by Crippen LogP contribution is -2.38. The molecule has 0 aliphatic carbocycles. The summed E-state index contributed by atoms with van der Waals surface area (Å²) < 4.78 is 2.25. The molecule has 1 aliphatic rings. The number of likely N-dealkylation sites (tertiary alicyclic amines) is 1. The minimum Gasteiger partial charge on any atom is -0.339 e.